The summed E-state index contributed by atoms with van der Waals surface area (Å²) in [4.78, 5) is 9.66. The fourth-order valence-electron chi connectivity index (χ4n) is 3.26. The SMILES string of the molecule is CN(Cc1cn2c(n1)CN(CC1CC1)CC2)Cc1ccco1. The second kappa shape index (κ2) is 5.89. The second-order valence-electron chi connectivity index (χ2n) is 6.77. The van der Waals surface area contributed by atoms with Crippen molar-refractivity contribution in [3.05, 3.63) is 41.9 Å². The molecule has 1 aliphatic carbocycles. The predicted octanol–water partition coefficient (Wildman–Crippen LogP) is 2.33. The van der Waals surface area contributed by atoms with Gasteiger partial charge in [-0.05, 0) is 37.9 Å². The lowest BCUT2D eigenvalue weighted by Crippen LogP contribution is -2.34. The summed E-state index contributed by atoms with van der Waals surface area (Å²) >= 11 is 0. The van der Waals surface area contributed by atoms with Gasteiger partial charge >= 0.3 is 0 Å². The standard InChI is InChI=1S/C17H24N4O/c1-19(12-16-3-2-8-22-16)10-15-11-21-7-6-20(9-14-4-5-14)13-17(21)18-15/h2-3,8,11,14H,4-7,9-10,12-13H2,1H3. The van der Waals surface area contributed by atoms with Crippen molar-refractivity contribution in [3.63, 3.8) is 0 Å². The zero-order chi connectivity index (χ0) is 14.9. The molecule has 3 heterocycles. The molecule has 5 heteroatoms. The van der Waals surface area contributed by atoms with E-state index in [1.54, 1.807) is 6.26 Å². The first-order chi connectivity index (χ1) is 10.8. The van der Waals surface area contributed by atoms with E-state index in [9.17, 15) is 0 Å². The topological polar surface area (TPSA) is 37.4 Å². The number of nitrogens with zero attached hydrogens (tertiary/aromatic N) is 4. The Kier molecular flexibility index (Phi) is 3.76. The van der Waals surface area contributed by atoms with E-state index in [1.807, 2.05) is 12.1 Å². The van der Waals surface area contributed by atoms with Crippen LogP contribution in [0.1, 0.15) is 30.1 Å². The first kappa shape index (κ1) is 14.0. The van der Waals surface area contributed by atoms with Crippen LogP contribution in [-0.2, 0) is 26.2 Å². The van der Waals surface area contributed by atoms with Crippen LogP contribution in [0.3, 0.4) is 0 Å². The van der Waals surface area contributed by atoms with Crippen LogP contribution in [0.5, 0.6) is 0 Å². The summed E-state index contributed by atoms with van der Waals surface area (Å²) in [6, 6.07) is 3.96. The van der Waals surface area contributed by atoms with Crippen molar-refractivity contribution in [2.45, 2.75) is 39.0 Å². The molecule has 0 amide bonds. The van der Waals surface area contributed by atoms with Gasteiger partial charge in [0.25, 0.3) is 0 Å². The van der Waals surface area contributed by atoms with E-state index in [0.29, 0.717) is 0 Å². The number of rotatable bonds is 6. The molecule has 0 saturated heterocycles. The van der Waals surface area contributed by atoms with Gasteiger partial charge in [0, 0.05) is 32.4 Å². The Morgan fingerprint density at radius 2 is 2.23 bits per heavy atom. The monoisotopic (exact) mass is 300 g/mol. The molecule has 1 aliphatic heterocycles. The van der Waals surface area contributed by atoms with Gasteiger partial charge in [0.2, 0.25) is 0 Å². The summed E-state index contributed by atoms with van der Waals surface area (Å²) in [6.07, 6.45) is 6.80. The quantitative estimate of drug-likeness (QED) is 0.820. The van der Waals surface area contributed by atoms with Crippen LogP contribution >= 0.6 is 0 Å². The second-order valence-corrected chi connectivity index (χ2v) is 6.77. The van der Waals surface area contributed by atoms with Gasteiger partial charge in [0.1, 0.15) is 11.6 Å². The first-order valence-electron chi connectivity index (χ1n) is 8.24. The van der Waals surface area contributed by atoms with Gasteiger partial charge in [-0.25, -0.2) is 4.98 Å². The van der Waals surface area contributed by atoms with Crippen molar-refractivity contribution in [2.75, 3.05) is 20.1 Å². The Morgan fingerprint density at radius 3 is 3.00 bits per heavy atom. The molecule has 4 rings (SSSR count). The number of imidazole rings is 1. The molecule has 0 aromatic carbocycles. The lowest BCUT2D eigenvalue weighted by atomic mass is 10.3. The van der Waals surface area contributed by atoms with Crippen LogP contribution < -0.4 is 0 Å². The number of aromatic nitrogens is 2. The summed E-state index contributed by atoms with van der Waals surface area (Å²) in [7, 11) is 2.11. The molecular weight excluding hydrogens is 276 g/mol. The minimum Gasteiger partial charge on any atom is -0.468 e. The Morgan fingerprint density at radius 1 is 1.32 bits per heavy atom. The highest BCUT2D eigenvalue weighted by Crippen LogP contribution is 2.30. The third-order valence-corrected chi connectivity index (χ3v) is 4.58. The van der Waals surface area contributed by atoms with Crippen LogP contribution in [0.4, 0.5) is 0 Å². The Labute approximate surface area is 131 Å². The summed E-state index contributed by atoms with van der Waals surface area (Å²) in [5.74, 6) is 3.19. The van der Waals surface area contributed by atoms with E-state index < -0.39 is 0 Å². The number of furan rings is 1. The average Bonchev–Trinajstić information content (AvgIpc) is 2.98. The summed E-state index contributed by atoms with van der Waals surface area (Å²) in [5.41, 5.74) is 1.16. The minimum absolute atomic E-state index is 0.822. The Bertz CT molecular complexity index is 615. The molecule has 2 aromatic rings. The summed E-state index contributed by atoms with van der Waals surface area (Å²) in [5, 5.41) is 0. The van der Waals surface area contributed by atoms with Crippen molar-refractivity contribution in [2.24, 2.45) is 5.92 Å². The molecule has 0 N–H and O–H groups in total. The van der Waals surface area contributed by atoms with E-state index in [0.717, 1.165) is 43.6 Å². The van der Waals surface area contributed by atoms with Crippen LogP contribution in [0.15, 0.2) is 29.0 Å². The lowest BCUT2D eigenvalue weighted by molar-refractivity contribution is 0.208. The van der Waals surface area contributed by atoms with Crippen LogP contribution in [0, 0.1) is 5.92 Å². The molecule has 118 valence electrons. The highest BCUT2D eigenvalue weighted by Gasteiger charge is 2.27. The average molecular weight is 300 g/mol. The lowest BCUT2D eigenvalue weighted by Gasteiger charge is -2.27. The van der Waals surface area contributed by atoms with Crippen LogP contribution in [0.2, 0.25) is 0 Å². The number of hydrogen-bond donors (Lipinski definition) is 0. The molecule has 22 heavy (non-hydrogen) atoms. The van der Waals surface area contributed by atoms with Gasteiger partial charge in [-0.2, -0.15) is 0 Å². The van der Waals surface area contributed by atoms with Gasteiger partial charge in [-0.1, -0.05) is 0 Å². The maximum Gasteiger partial charge on any atom is 0.123 e. The summed E-state index contributed by atoms with van der Waals surface area (Å²) in [6.45, 7) is 6.21. The molecule has 0 atom stereocenters. The van der Waals surface area contributed by atoms with Gasteiger partial charge in [0.15, 0.2) is 0 Å². The van der Waals surface area contributed by atoms with Crippen molar-refractivity contribution >= 4 is 0 Å². The highest BCUT2D eigenvalue weighted by molar-refractivity contribution is 5.07. The van der Waals surface area contributed by atoms with Crippen LogP contribution in [0.25, 0.3) is 0 Å². The van der Waals surface area contributed by atoms with Gasteiger partial charge < -0.3 is 8.98 Å². The Hall–Kier alpha value is -1.59. The smallest absolute Gasteiger partial charge is 0.123 e. The molecular formula is C17H24N4O. The van der Waals surface area contributed by atoms with E-state index in [-0.39, 0.29) is 0 Å². The molecule has 2 aliphatic rings. The molecule has 0 bridgehead atoms. The molecule has 0 unspecified atom stereocenters. The van der Waals surface area contributed by atoms with Crippen molar-refractivity contribution in [1.29, 1.82) is 0 Å². The molecule has 2 aromatic heterocycles. The number of fused-ring (bicyclic) bond motifs is 1. The van der Waals surface area contributed by atoms with E-state index in [4.69, 9.17) is 9.40 Å². The molecule has 0 spiro atoms. The van der Waals surface area contributed by atoms with Crippen molar-refractivity contribution in [3.8, 4) is 0 Å². The number of hydrogen-bond acceptors (Lipinski definition) is 4. The predicted molar refractivity (Wildman–Crippen MR) is 84.1 cm³/mol. The normalized spacial score (nSPS) is 18.8. The van der Waals surface area contributed by atoms with Gasteiger partial charge in [0.05, 0.1) is 25.0 Å². The molecule has 0 radical (unpaired) electrons. The zero-order valence-electron chi connectivity index (χ0n) is 13.2. The highest BCUT2D eigenvalue weighted by atomic mass is 16.3. The third kappa shape index (κ3) is 3.25. The minimum atomic E-state index is 0.822. The van der Waals surface area contributed by atoms with Gasteiger partial charge in [-0.15, -0.1) is 0 Å². The Balaban J connectivity index is 1.36. The molecule has 5 nitrogen and oxygen atoms in total. The maximum absolute atomic E-state index is 5.41. The van der Waals surface area contributed by atoms with Crippen molar-refractivity contribution in [1.82, 2.24) is 19.4 Å². The zero-order valence-corrected chi connectivity index (χ0v) is 13.2. The van der Waals surface area contributed by atoms with E-state index in [2.05, 4.69) is 27.6 Å². The fraction of sp³-hybridized carbons (Fsp3) is 0.588. The first-order valence-corrected chi connectivity index (χ1v) is 8.24. The summed E-state index contributed by atoms with van der Waals surface area (Å²) < 4.78 is 7.74. The molecule has 1 saturated carbocycles. The molecule has 1 fully saturated rings. The third-order valence-electron chi connectivity index (χ3n) is 4.58. The fourth-order valence-corrected chi connectivity index (χ4v) is 3.26. The van der Waals surface area contributed by atoms with E-state index in [1.165, 1.54) is 31.8 Å². The van der Waals surface area contributed by atoms with E-state index >= 15 is 0 Å². The van der Waals surface area contributed by atoms with Crippen molar-refractivity contribution < 1.29 is 4.42 Å². The largest absolute Gasteiger partial charge is 0.468 e. The maximum atomic E-state index is 5.41. The van der Waals surface area contributed by atoms with Crippen LogP contribution in [-0.4, -0.2) is 39.5 Å². The van der Waals surface area contributed by atoms with Gasteiger partial charge in [-0.3, -0.25) is 9.80 Å².